The third-order valence-corrected chi connectivity index (χ3v) is 2.52. The smallest absolute Gasteiger partial charge is 0.293 e. The normalized spacial score (nSPS) is 10.5. The predicted molar refractivity (Wildman–Crippen MR) is 58.6 cm³/mol. The summed E-state index contributed by atoms with van der Waals surface area (Å²) >= 11 is 3.42. The van der Waals surface area contributed by atoms with Crippen LogP contribution in [0.4, 0.5) is 0 Å². The van der Waals surface area contributed by atoms with E-state index in [0.717, 1.165) is 15.7 Å². The lowest BCUT2D eigenvalue weighted by Crippen LogP contribution is -1.99. The van der Waals surface area contributed by atoms with E-state index in [1.807, 2.05) is 22.9 Å². The molecule has 2 aromatic heterocycles. The maximum absolute atomic E-state index is 10.0. The highest BCUT2D eigenvalue weighted by Gasteiger charge is 2.04. The molecule has 0 radical (unpaired) electrons. The number of imidazole rings is 1. The zero-order valence-corrected chi connectivity index (χ0v) is 9.48. The van der Waals surface area contributed by atoms with E-state index in [4.69, 9.17) is 0 Å². The minimum atomic E-state index is 0.377. The average Bonchev–Trinajstić information content (AvgIpc) is 2.65. The summed E-state index contributed by atoms with van der Waals surface area (Å²) in [6.07, 6.45) is 6.22. The molecular weight excluding hydrogens is 260 g/mol. The van der Waals surface area contributed by atoms with Crippen LogP contribution >= 0.6 is 15.9 Å². The molecule has 0 atom stereocenters. The van der Waals surface area contributed by atoms with Gasteiger partial charge in [-0.05, 0) is 27.6 Å². The van der Waals surface area contributed by atoms with Gasteiger partial charge in [0.1, 0.15) is 5.65 Å². The number of carbonyl (C=O) groups is 1. The highest BCUT2D eigenvalue weighted by Crippen LogP contribution is 2.17. The van der Waals surface area contributed by atoms with Crippen LogP contribution in [0.2, 0.25) is 0 Å². The second-order valence-corrected chi connectivity index (χ2v) is 3.97. The second-order valence-electron chi connectivity index (χ2n) is 3.06. The molecular formula is C10H9BrN2O2. The van der Waals surface area contributed by atoms with Crippen molar-refractivity contribution in [3.8, 4) is 0 Å². The largest absolute Gasteiger partial charge is 0.468 e. The van der Waals surface area contributed by atoms with Crippen LogP contribution < -0.4 is 0 Å². The first-order chi connectivity index (χ1) is 7.31. The van der Waals surface area contributed by atoms with Gasteiger partial charge in [-0.25, -0.2) is 4.98 Å². The van der Waals surface area contributed by atoms with Crippen LogP contribution in [0.5, 0.6) is 0 Å². The number of carbonyl (C=O) groups excluding carboxylic acids is 1. The number of halogens is 1. The van der Waals surface area contributed by atoms with E-state index >= 15 is 0 Å². The molecule has 4 nitrogen and oxygen atoms in total. The highest BCUT2D eigenvalue weighted by atomic mass is 79.9. The Bertz CT molecular complexity index is 481. The van der Waals surface area contributed by atoms with Gasteiger partial charge in [0, 0.05) is 29.5 Å². The van der Waals surface area contributed by atoms with E-state index in [2.05, 4.69) is 25.7 Å². The number of aromatic nitrogens is 2. The predicted octanol–water partition coefficient (Wildman–Crippen LogP) is 1.81. The molecule has 0 aromatic carbocycles. The average molecular weight is 269 g/mol. The lowest BCUT2D eigenvalue weighted by atomic mass is 10.2. The molecule has 0 fully saturated rings. The SMILES string of the molecule is O=COCCc1cc(Br)cn2ccnc12. The van der Waals surface area contributed by atoms with Crippen LogP contribution in [0.1, 0.15) is 5.56 Å². The second kappa shape index (κ2) is 4.44. The van der Waals surface area contributed by atoms with Gasteiger partial charge >= 0.3 is 0 Å². The zero-order chi connectivity index (χ0) is 10.7. The minimum absolute atomic E-state index is 0.377. The van der Waals surface area contributed by atoms with E-state index < -0.39 is 0 Å². The monoisotopic (exact) mass is 268 g/mol. The van der Waals surface area contributed by atoms with Gasteiger partial charge in [0.05, 0.1) is 6.61 Å². The molecule has 78 valence electrons. The summed E-state index contributed by atoms with van der Waals surface area (Å²) in [6.45, 7) is 0.837. The van der Waals surface area contributed by atoms with Gasteiger partial charge in [0.15, 0.2) is 0 Å². The zero-order valence-electron chi connectivity index (χ0n) is 7.89. The van der Waals surface area contributed by atoms with E-state index in [1.165, 1.54) is 0 Å². The highest BCUT2D eigenvalue weighted by molar-refractivity contribution is 9.10. The molecule has 0 N–H and O–H groups in total. The van der Waals surface area contributed by atoms with Crippen LogP contribution in [0.25, 0.3) is 5.65 Å². The fourth-order valence-electron chi connectivity index (χ4n) is 1.47. The Morgan fingerprint density at radius 1 is 1.60 bits per heavy atom. The first-order valence-electron chi connectivity index (χ1n) is 4.47. The summed E-state index contributed by atoms with van der Waals surface area (Å²) in [6, 6.07) is 1.98. The van der Waals surface area contributed by atoms with Gasteiger partial charge < -0.3 is 9.14 Å². The molecule has 0 spiro atoms. The quantitative estimate of drug-likeness (QED) is 0.628. The van der Waals surface area contributed by atoms with Gasteiger partial charge in [0.2, 0.25) is 0 Å². The Morgan fingerprint density at radius 3 is 3.27 bits per heavy atom. The summed E-state index contributed by atoms with van der Waals surface area (Å²) in [4.78, 5) is 14.3. The van der Waals surface area contributed by atoms with Crippen molar-refractivity contribution in [2.45, 2.75) is 6.42 Å². The number of nitrogens with zero attached hydrogens (tertiary/aromatic N) is 2. The lowest BCUT2D eigenvalue weighted by molar-refractivity contribution is -0.128. The van der Waals surface area contributed by atoms with Gasteiger partial charge in [-0.15, -0.1) is 0 Å². The Labute approximate surface area is 95.0 Å². The fraction of sp³-hybridized carbons (Fsp3) is 0.200. The first-order valence-corrected chi connectivity index (χ1v) is 5.27. The van der Waals surface area contributed by atoms with Gasteiger partial charge in [-0.1, -0.05) is 0 Å². The van der Waals surface area contributed by atoms with Crippen molar-refractivity contribution in [2.24, 2.45) is 0 Å². The van der Waals surface area contributed by atoms with Crippen molar-refractivity contribution in [3.63, 3.8) is 0 Å². The number of rotatable bonds is 4. The number of hydrogen-bond acceptors (Lipinski definition) is 3. The van der Waals surface area contributed by atoms with Crippen molar-refractivity contribution < 1.29 is 9.53 Å². The number of ether oxygens (including phenoxy) is 1. The maximum Gasteiger partial charge on any atom is 0.293 e. The molecule has 0 aliphatic heterocycles. The summed E-state index contributed by atoms with van der Waals surface area (Å²) in [5.74, 6) is 0. The van der Waals surface area contributed by atoms with Gasteiger partial charge in [-0.3, -0.25) is 4.79 Å². The molecule has 2 rings (SSSR count). The molecule has 0 aliphatic carbocycles. The molecule has 2 heterocycles. The van der Waals surface area contributed by atoms with Crippen LogP contribution in [0, 0.1) is 0 Å². The Hall–Kier alpha value is -1.36. The minimum Gasteiger partial charge on any atom is -0.468 e. The first kappa shape index (κ1) is 10.2. The third-order valence-electron chi connectivity index (χ3n) is 2.09. The van der Waals surface area contributed by atoms with Crippen molar-refractivity contribution in [3.05, 3.63) is 34.7 Å². The maximum atomic E-state index is 10.0. The van der Waals surface area contributed by atoms with Crippen molar-refractivity contribution in [2.75, 3.05) is 6.61 Å². The lowest BCUT2D eigenvalue weighted by Gasteiger charge is -2.04. The molecule has 0 unspecified atom stereocenters. The summed E-state index contributed by atoms with van der Waals surface area (Å²) in [5.41, 5.74) is 1.95. The van der Waals surface area contributed by atoms with Gasteiger partial charge in [-0.2, -0.15) is 0 Å². The van der Waals surface area contributed by atoms with E-state index in [-0.39, 0.29) is 0 Å². The summed E-state index contributed by atoms with van der Waals surface area (Å²) in [7, 11) is 0. The van der Waals surface area contributed by atoms with Crippen LogP contribution in [-0.2, 0) is 16.0 Å². The molecule has 0 aliphatic rings. The van der Waals surface area contributed by atoms with Crippen molar-refractivity contribution >= 4 is 28.0 Å². The van der Waals surface area contributed by atoms with Crippen LogP contribution in [-0.4, -0.2) is 22.5 Å². The van der Waals surface area contributed by atoms with Crippen LogP contribution in [0.3, 0.4) is 0 Å². The molecule has 0 bridgehead atoms. The van der Waals surface area contributed by atoms with E-state index in [1.54, 1.807) is 6.20 Å². The Balaban J connectivity index is 2.31. The summed E-state index contributed by atoms with van der Waals surface area (Å²) in [5, 5.41) is 0. The number of fused-ring (bicyclic) bond motifs is 1. The van der Waals surface area contributed by atoms with Crippen molar-refractivity contribution in [1.29, 1.82) is 0 Å². The molecule has 15 heavy (non-hydrogen) atoms. The molecule has 0 saturated heterocycles. The Kier molecular flexibility index (Phi) is 3.01. The molecule has 5 heteroatoms. The summed E-state index contributed by atoms with van der Waals surface area (Å²) < 4.78 is 7.58. The van der Waals surface area contributed by atoms with Crippen LogP contribution in [0.15, 0.2) is 29.1 Å². The molecule has 0 saturated carbocycles. The van der Waals surface area contributed by atoms with Crippen molar-refractivity contribution in [1.82, 2.24) is 9.38 Å². The number of pyridine rings is 1. The molecule has 0 amide bonds. The van der Waals surface area contributed by atoms with Gasteiger partial charge in [0.25, 0.3) is 6.47 Å². The third kappa shape index (κ3) is 2.18. The molecule has 2 aromatic rings. The number of hydrogen-bond donors (Lipinski definition) is 0. The van der Waals surface area contributed by atoms with E-state index in [0.29, 0.717) is 19.5 Å². The Morgan fingerprint density at radius 2 is 2.47 bits per heavy atom. The topological polar surface area (TPSA) is 43.6 Å². The fourth-order valence-corrected chi connectivity index (χ4v) is 1.96. The standard InChI is InChI=1S/C10H9BrN2O2/c11-9-5-8(1-4-15-7-14)10-12-2-3-13(10)6-9/h2-3,5-7H,1,4H2. The van der Waals surface area contributed by atoms with E-state index in [9.17, 15) is 4.79 Å².